The summed E-state index contributed by atoms with van der Waals surface area (Å²) in [5, 5.41) is 10.7. The molecule has 0 saturated heterocycles. The van der Waals surface area contributed by atoms with E-state index >= 15 is 0 Å². The van der Waals surface area contributed by atoms with Crippen LogP contribution >= 0.6 is 11.6 Å². The maximum absolute atomic E-state index is 11.7. The number of hydrogen-bond acceptors (Lipinski definition) is 6. The number of rotatable bonds is 6. The number of nitro groups is 1. The molecule has 0 aliphatic rings. The van der Waals surface area contributed by atoms with Crippen molar-refractivity contribution in [3.8, 4) is 0 Å². The van der Waals surface area contributed by atoms with Crippen molar-refractivity contribution >= 4 is 29.2 Å². The number of hydrogen-bond donors (Lipinski definition) is 0. The van der Waals surface area contributed by atoms with Crippen molar-refractivity contribution in [2.45, 2.75) is 13.3 Å². The quantitative estimate of drug-likeness (QED) is 0.454. The van der Waals surface area contributed by atoms with Crippen LogP contribution < -0.4 is 0 Å². The van der Waals surface area contributed by atoms with Crippen molar-refractivity contribution in [3.63, 3.8) is 0 Å². The first-order valence-electron chi connectivity index (χ1n) is 5.72. The number of non-ortho nitro benzene ring substituents is 1. The second kappa shape index (κ2) is 7.44. The number of ether oxygens (including phenoxy) is 2. The second-order valence-corrected chi connectivity index (χ2v) is 4.02. The summed E-state index contributed by atoms with van der Waals surface area (Å²) in [7, 11) is 0. The van der Waals surface area contributed by atoms with E-state index in [0.29, 0.717) is 0 Å². The first-order valence-corrected chi connectivity index (χ1v) is 6.10. The molecule has 0 bridgehead atoms. The molecule has 0 aliphatic heterocycles. The molecule has 0 unspecified atom stereocenters. The zero-order valence-electron chi connectivity index (χ0n) is 10.6. The van der Waals surface area contributed by atoms with Gasteiger partial charge < -0.3 is 9.47 Å². The standard InChI is InChI=1S/C12H12ClNO6/c1-2-19-11(15)5-6-20-12(16)9-7-8(14(17)18)3-4-10(9)13/h3-4,7H,2,5-6H2,1H3. The van der Waals surface area contributed by atoms with Crippen molar-refractivity contribution in [1.82, 2.24) is 0 Å². The highest BCUT2D eigenvalue weighted by Gasteiger charge is 2.17. The highest BCUT2D eigenvalue weighted by atomic mass is 35.5. The molecule has 0 radical (unpaired) electrons. The van der Waals surface area contributed by atoms with Crippen molar-refractivity contribution in [2.24, 2.45) is 0 Å². The summed E-state index contributed by atoms with van der Waals surface area (Å²) >= 11 is 5.77. The molecule has 0 fully saturated rings. The van der Waals surface area contributed by atoms with Crippen LogP contribution in [0.3, 0.4) is 0 Å². The lowest BCUT2D eigenvalue weighted by atomic mass is 10.2. The summed E-state index contributed by atoms with van der Waals surface area (Å²) in [6, 6.07) is 3.44. The highest BCUT2D eigenvalue weighted by molar-refractivity contribution is 6.33. The molecule has 1 aromatic rings. The molecular formula is C12H12ClNO6. The van der Waals surface area contributed by atoms with Gasteiger partial charge in [0.1, 0.15) is 6.61 Å². The van der Waals surface area contributed by atoms with Crippen LogP contribution in [0, 0.1) is 10.1 Å². The molecule has 0 heterocycles. The van der Waals surface area contributed by atoms with Gasteiger partial charge in [-0.25, -0.2) is 4.79 Å². The minimum Gasteiger partial charge on any atom is -0.466 e. The molecule has 0 aliphatic carbocycles. The van der Waals surface area contributed by atoms with Crippen LogP contribution in [0.2, 0.25) is 5.02 Å². The molecule has 0 saturated carbocycles. The maximum Gasteiger partial charge on any atom is 0.339 e. The topological polar surface area (TPSA) is 95.7 Å². The fourth-order valence-corrected chi connectivity index (χ4v) is 1.52. The Balaban J connectivity index is 2.65. The predicted molar refractivity (Wildman–Crippen MR) is 69.6 cm³/mol. The predicted octanol–water partition coefficient (Wildman–Crippen LogP) is 2.36. The van der Waals surface area contributed by atoms with Gasteiger partial charge in [-0.1, -0.05) is 11.6 Å². The van der Waals surface area contributed by atoms with Gasteiger partial charge in [0, 0.05) is 12.1 Å². The summed E-state index contributed by atoms with van der Waals surface area (Å²) in [6.07, 6.45) is -0.0911. The molecule has 0 spiro atoms. The average Bonchev–Trinajstić information content (AvgIpc) is 2.39. The van der Waals surface area contributed by atoms with Crippen LogP contribution in [0.1, 0.15) is 23.7 Å². The molecule has 108 valence electrons. The summed E-state index contributed by atoms with van der Waals surface area (Å²) in [6.45, 7) is 1.72. The minimum absolute atomic E-state index is 0.0386. The van der Waals surface area contributed by atoms with Crippen LogP contribution in [0.5, 0.6) is 0 Å². The Hall–Kier alpha value is -2.15. The lowest BCUT2D eigenvalue weighted by Gasteiger charge is -2.06. The van der Waals surface area contributed by atoms with E-state index in [1.165, 1.54) is 12.1 Å². The largest absolute Gasteiger partial charge is 0.466 e. The van der Waals surface area contributed by atoms with E-state index < -0.39 is 16.9 Å². The third-order valence-corrected chi connectivity index (χ3v) is 2.55. The zero-order valence-corrected chi connectivity index (χ0v) is 11.4. The Morgan fingerprint density at radius 1 is 1.35 bits per heavy atom. The van der Waals surface area contributed by atoms with Gasteiger partial charge in [-0.15, -0.1) is 0 Å². The van der Waals surface area contributed by atoms with E-state index in [1.807, 2.05) is 0 Å². The summed E-state index contributed by atoms with van der Waals surface area (Å²) in [5.74, 6) is -1.33. The molecule has 8 heteroatoms. The monoisotopic (exact) mass is 301 g/mol. The number of carbonyl (C=O) groups is 2. The average molecular weight is 302 g/mol. The Labute approximate surface area is 119 Å². The van der Waals surface area contributed by atoms with Gasteiger partial charge in [-0.3, -0.25) is 14.9 Å². The molecule has 1 rings (SSSR count). The van der Waals surface area contributed by atoms with E-state index in [0.717, 1.165) is 6.07 Å². The molecule has 20 heavy (non-hydrogen) atoms. The lowest BCUT2D eigenvalue weighted by Crippen LogP contribution is -2.12. The molecule has 0 atom stereocenters. The Bertz CT molecular complexity index is 531. The third-order valence-electron chi connectivity index (χ3n) is 2.23. The van der Waals surface area contributed by atoms with Crippen LogP contribution in [-0.2, 0) is 14.3 Å². The van der Waals surface area contributed by atoms with Crippen molar-refractivity contribution < 1.29 is 24.0 Å². The summed E-state index contributed by atoms with van der Waals surface area (Å²) in [4.78, 5) is 32.7. The Morgan fingerprint density at radius 3 is 2.65 bits per heavy atom. The fraction of sp³-hybridized carbons (Fsp3) is 0.333. The summed E-state index contributed by atoms with van der Waals surface area (Å²) in [5.41, 5.74) is -0.392. The Kier molecular flexibility index (Phi) is 5.92. The van der Waals surface area contributed by atoms with E-state index in [4.69, 9.17) is 16.3 Å². The number of benzene rings is 1. The molecule has 1 aromatic carbocycles. The smallest absolute Gasteiger partial charge is 0.339 e. The number of nitro benzene ring substituents is 1. The number of carbonyl (C=O) groups excluding carboxylic acids is 2. The SMILES string of the molecule is CCOC(=O)CCOC(=O)c1cc([N+](=O)[O-])ccc1Cl. The molecular weight excluding hydrogens is 290 g/mol. The highest BCUT2D eigenvalue weighted by Crippen LogP contribution is 2.22. The maximum atomic E-state index is 11.7. The van der Waals surface area contributed by atoms with Crippen molar-refractivity contribution in [1.29, 1.82) is 0 Å². The van der Waals surface area contributed by atoms with Crippen LogP contribution in [0.4, 0.5) is 5.69 Å². The van der Waals surface area contributed by atoms with Gasteiger partial charge in [0.25, 0.3) is 5.69 Å². The second-order valence-electron chi connectivity index (χ2n) is 3.61. The zero-order chi connectivity index (χ0) is 15.1. The third kappa shape index (κ3) is 4.51. The molecule has 0 aromatic heterocycles. The van der Waals surface area contributed by atoms with Gasteiger partial charge in [0.2, 0.25) is 0 Å². The van der Waals surface area contributed by atoms with Gasteiger partial charge in [0.05, 0.1) is 28.5 Å². The lowest BCUT2D eigenvalue weighted by molar-refractivity contribution is -0.384. The van der Waals surface area contributed by atoms with Crippen LogP contribution in [0.25, 0.3) is 0 Å². The van der Waals surface area contributed by atoms with E-state index in [1.54, 1.807) is 6.92 Å². The van der Waals surface area contributed by atoms with Gasteiger partial charge in [0.15, 0.2) is 0 Å². The molecule has 7 nitrogen and oxygen atoms in total. The van der Waals surface area contributed by atoms with E-state index in [2.05, 4.69) is 4.74 Å². The Morgan fingerprint density at radius 2 is 2.05 bits per heavy atom. The fourth-order valence-electron chi connectivity index (χ4n) is 1.32. The number of halogens is 1. The molecule has 0 N–H and O–H groups in total. The normalized spacial score (nSPS) is 9.90. The van der Waals surface area contributed by atoms with E-state index in [-0.39, 0.29) is 35.9 Å². The van der Waals surface area contributed by atoms with Gasteiger partial charge in [-0.2, -0.15) is 0 Å². The summed E-state index contributed by atoms with van der Waals surface area (Å²) < 4.78 is 9.47. The van der Waals surface area contributed by atoms with Gasteiger partial charge in [-0.05, 0) is 13.0 Å². The van der Waals surface area contributed by atoms with Gasteiger partial charge >= 0.3 is 11.9 Å². The minimum atomic E-state index is -0.831. The van der Waals surface area contributed by atoms with Crippen molar-refractivity contribution in [2.75, 3.05) is 13.2 Å². The first-order chi connectivity index (χ1) is 9.45. The van der Waals surface area contributed by atoms with E-state index in [9.17, 15) is 19.7 Å². The van der Waals surface area contributed by atoms with Crippen LogP contribution in [0.15, 0.2) is 18.2 Å². The number of nitrogens with zero attached hydrogens (tertiary/aromatic N) is 1. The first kappa shape index (κ1) is 15.9. The number of esters is 2. The van der Waals surface area contributed by atoms with Crippen molar-refractivity contribution in [3.05, 3.63) is 38.9 Å². The molecule has 0 amide bonds. The van der Waals surface area contributed by atoms with Crippen LogP contribution in [-0.4, -0.2) is 30.1 Å².